The third-order valence-electron chi connectivity index (χ3n) is 17.4. The molecule has 1 atom stereocenters. The third-order valence-corrected chi connectivity index (χ3v) is 18.6. The highest BCUT2D eigenvalue weighted by atomic mass is 32.1. The van der Waals surface area contributed by atoms with Gasteiger partial charge in [-0.15, -0.1) is 11.3 Å². The number of aryl methyl sites for hydroxylation is 1. The van der Waals surface area contributed by atoms with Crippen molar-refractivity contribution in [3.05, 3.63) is 148 Å². The minimum absolute atomic E-state index is 0.00570. The number of benzene rings is 6. The molecule has 2 nitrogen and oxygen atoms in total. The summed E-state index contributed by atoms with van der Waals surface area (Å²) in [5, 5.41) is 1.35. The van der Waals surface area contributed by atoms with E-state index in [1.165, 1.54) is 124 Å². The van der Waals surface area contributed by atoms with Crippen molar-refractivity contribution in [2.24, 2.45) is 0 Å². The van der Waals surface area contributed by atoms with Gasteiger partial charge in [-0.1, -0.05) is 156 Å². The number of thiophene rings is 1. The number of rotatable bonds is 2. The summed E-state index contributed by atoms with van der Waals surface area (Å²) in [4.78, 5) is 5.56. The molecule has 334 valence electrons. The molecule has 5 aliphatic rings. The van der Waals surface area contributed by atoms with Crippen molar-refractivity contribution in [2.75, 3.05) is 9.80 Å². The van der Waals surface area contributed by atoms with Crippen LogP contribution < -0.4 is 25.5 Å². The number of fused-ring (bicyclic) bond motifs is 10. The van der Waals surface area contributed by atoms with Gasteiger partial charge in [-0.2, -0.15) is 0 Å². The molecule has 1 unspecified atom stereocenters. The average Bonchev–Trinajstić information content (AvgIpc) is 3.63. The molecule has 2 aliphatic carbocycles. The Balaban J connectivity index is 1.26. The van der Waals surface area contributed by atoms with Crippen LogP contribution in [0.2, 0.25) is 0 Å². The minimum atomic E-state index is -0.114. The molecule has 0 fully saturated rings. The van der Waals surface area contributed by atoms with Crippen molar-refractivity contribution in [3.63, 3.8) is 0 Å². The molecule has 0 spiro atoms. The van der Waals surface area contributed by atoms with Gasteiger partial charge in [-0.3, -0.25) is 0 Å². The van der Waals surface area contributed by atoms with E-state index in [4.69, 9.17) is 0 Å². The van der Waals surface area contributed by atoms with Gasteiger partial charge in [0, 0.05) is 42.9 Å². The van der Waals surface area contributed by atoms with Crippen LogP contribution in [-0.2, 0) is 32.5 Å². The summed E-state index contributed by atoms with van der Waals surface area (Å²) in [6.45, 7) is 34.3. The van der Waals surface area contributed by atoms with Crippen molar-refractivity contribution in [2.45, 2.75) is 155 Å². The van der Waals surface area contributed by atoms with E-state index >= 15 is 0 Å². The van der Waals surface area contributed by atoms with E-state index in [1.54, 1.807) is 11.1 Å². The van der Waals surface area contributed by atoms with Crippen LogP contribution in [-0.4, -0.2) is 6.71 Å². The second-order valence-corrected chi connectivity index (χ2v) is 26.4. The van der Waals surface area contributed by atoms with Crippen molar-refractivity contribution in [1.82, 2.24) is 0 Å². The Morgan fingerprint density at radius 1 is 0.530 bits per heavy atom. The van der Waals surface area contributed by atoms with Crippen LogP contribution in [0.25, 0.3) is 21.2 Å². The SMILES string of the molecule is Cc1ccc2sc3c(c2c1)N(c1ccc(C(C)(C)C)cc1-c1ccccc1)c1cc(C(C)(C)C)cc2c1B3c1ccc3c4c1N2c1cc2c(cc1C4(C)CCC3(C)C)C(C)(C)CCC2(C)C. The molecule has 4 heterocycles. The molecule has 7 aromatic rings. The Labute approximate surface area is 399 Å². The van der Waals surface area contributed by atoms with Crippen LogP contribution in [0, 0.1) is 6.92 Å². The van der Waals surface area contributed by atoms with Crippen LogP contribution in [0.1, 0.15) is 160 Å². The Morgan fingerprint density at radius 2 is 1.15 bits per heavy atom. The van der Waals surface area contributed by atoms with Crippen molar-refractivity contribution < 1.29 is 0 Å². The zero-order chi connectivity index (χ0) is 46.4. The van der Waals surface area contributed by atoms with Gasteiger partial charge in [0.25, 0.3) is 6.71 Å². The smallest absolute Gasteiger partial charge is 0.264 e. The standard InChI is InChI=1S/C62H67BN2S/c1-36-20-25-51-41(30-36)54-56(66-51)63-46-23-22-42-52-55(46)65(48-35-44-43(60(10,11)26-27-61(44,12)13)34-45(48)62(52,14)29-28-59(42,8)9)50-33-39(58(5,6)7)32-49(53(50)63)64(54)47-24-21-38(57(2,3)4)31-40(47)37-18-16-15-17-19-37/h15-25,30-35H,26-29H2,1-14H3. The number of hydrogen-bond donors (Lipinski definition) is 0. The summed E-state index contributed by atoms with van der Waals surface area (Å²) >= 11 is 2.03. The van der Waals surface area contributed by atoms with Crippen LogP contribution in [0.5, 0.6) is 0 Å². The fourth-order valence-electron chi connectivity index (χ4n) is 13.1. The molecule has 0 radical (unpaired) electrons. The molecule has 0 N–H and O–H groups in total. The Morgan fingerprint density at radius 3 is 1.82 bits per heavy atom. The first-order valence-electron chi connectivity index (χ1n) is 24.9. The summed E-state index contributed by atoms with van der Waals surface area (Å²) in [6.07, 6.45) is 4.72. The molecule has 0 amide bonds. The van der Waals surface area contributed by atoms with Crippen LogP contribution in [0.3, 0.4) is 0 Å². The maximum absolute atomic E-state index is 2.83. The molecule has 66 heavy (non-hydrogen) atoms. The normalized spacial score (nSPS) is 20.4. The minimum Gasteiger partial charge on any atom is -0.311 e. The highest BCUT2D eigenvalue weighted by Gasteiger charge is 2.55. The Hall–Kier alpha value is -5.06. The van der Waals surface area contributed by atoms with E-state index in [0.717, 1.165) is 6.42 Å². The lowest BCUT2D eigenvalue weighted by Gasteiger charge is -2.55. The van der Waals surface area contributed by atoms with Gasteiger partial charge in [0.15, 0.2) is 0 Å². The summed E-state index contributed by atoms with van der Waals surface area (Å²) in [7, 11) is 0. The fraction of sp³-hybridized carbons (Fsp3) is 0.387. The fourth-order valence-corrected chi connectivity index (χ4v) is 14.4. The molecule has 4 heteroatoms. The molecule has 0 saturated heterocycles. The largest absolute Gasteiger partial charge is 0.311 e. The number of nitrogens with zero attached hydrogens (tertiary/aromatic N) is 2. The van der Waals surface area contributed by atoms with Crippen molar-refractivity contribution in [3.8, 4) is 11.1 Å². The van der Waals surface area contributed by atoms with Crippen molar-refractivity contribution >= 4 is 78.0 Å². The van der Waals surface area contributed by atoms with Gasteiger partial charge in [0.1, 0.15) is 0 Å². The zero-order valence-electron chi connectivity index (χ0n) is 42.0. The molecule has 12 rings (SSSR count). The maximum atomic E-state index is 2.83. The topological polar surface area (TPSA) is 6.48 Å². The molecular weight excluding hydrogens is 816 g/mol. The molecule has 6 aromatic carbocycles. The van der Waals surface area contributed by atoms with Gasteiger partial charge in [0.2, 0.25) is 0 Å². The first-order valence-corrected chi connectivity index (χ1v) is 25.7. The number of anilines is 6. The van der Waals surface area contributed by atoms with E-state index in [2.05, 4.69) is 210 Å². The van der Waals surface area contributed by atoms with E-state index in [9.17, 15) is 0 Å². The highest BCUT2D eigenvalue weighted by molar-refractivity contribution is 7.33. The zero-order valence-corrected chi connectivity index (χ0v) is 42.8. The van der Waals surface area contributed by atoms with E-state index < -0.39 is 0 Å². The predicted octanol–water partition coefficient (Wildman–Crippen LogP) is 15.6. The second kappa shape index (κ2) is 13.3. The quantitative estimate of drug-likeness (QED) is 0.160. The van der Waals surface area contributed by atoms with Crippen LogP contribution >= 0.6 is 11.3 Å². The van der Waals surface area contributed by atoms with E-state index in [1.807, 2.05) is 11.3 Å². The van der Waals surface area contributed by atoms with Crippen molar-refractivity contribution in [1.29, 1.82) is 0 Å². The van der Waals surface area contributed by atoms with Gasteiger partial charge in [-0.05, 0) is 158 Å². The number of hydrogen-bond acceptors (Lipinski definition) is 3. The molecular formula is C62H67BN2S. The van der Waals surface area contributed by atoms with E-state index in [0.29, 0.717) is 0 Å². The first-order chi connectivity index (χ1) is 31.0. The summed E-state index contributed by atoms with van der Waals surface area (Å²) < 4.78 is 2.81. The maximum Gasteiger partial charge on any atom is 0.264 e. The van der Waals surface area contributed by atoms with Crippen LogP contribution in [0.4, 0.5) is 34.1 Å². The highest BCUT2D eigenvalue weighted by Crippen LogP contribution is 2.63. The first kappa shape index (κ1) is 42.3. The van der Waals surface area contributed by atoms with Gasteiger partial charge < -0.3 is 9.80 Å². The summed E-state index contributed by atoms with van der Waals surface area (Å²) in [5.41, 5.74) is 25.4. The second-order valence-electron chi connectivity index (χ2n) is 25.3. The van der Waals surface area contributed by atoms with Gasteiger partial charge in [0.05, 0.1) is 17.1 Å². The average molecular weight is 883 g/mol. The van der Waals surface area contributed by atoms with E-state index in [-0.39, 0.29) is 39.2 Å². The van der Waals surface area contributed by atoms with Crippen LogP contribution in [0.15, 0.2) is 103 Å². The predicted molar refractivity (Wildman–Crippen MR) is 287 cm³/mol. The summed E-state index contributed by atoms with van der Waals surface area (Å²) in [6, 6.07) is 41.5. The third kappa shape index (κ3) is 5.72. The van der Waals surface area contributed by atoms with Gasteiger partial charge in [-0.25, -0.2) is 0 Å². The molecule has 3 aliphatic heterocycles. The molecule has 0 bridgehead atoms. The molecule has 0 saturated carbocycles. The molecule has 1 aromatic heterocycles. The lowest BCUT2D eigenvalue weighted by Crippen LogP contribution is -2.62. The Bertz CT molecular complexity index is 3240. The van der Waals surface area contributed by atoms with Gasteiger partial charge >= 0.3 is 0 Å². The summed E-state index contributed by atoms with van der Waals surface area (Å²) in [5.74, 6) is 0. The Kier molecular flexibility index (Phi) is 8.55. The lowest BCUT2D eigenvalue weighted by atomic mass is 9.35. The lowest BCUT2D eigenvalue weighted by molar-refractivity contribution is 0.327. The monoisotopic (exact) mass is 883 g/mol.